The number of nitrogens with zero attached hydrogens (tertiary/aromatic N) is 1. The van der Waals surface area contributed by atoms with Crippen molar-refractivity contribution < 1.29 is 14.6 Å². The molecule has 0 unspecified atom stereocenters. The molecule has 1 aromatic heterocycles. The molecule has 0 amide bonds. The summed E-state index contributed by atoms with van der Waals surface area (Å²) in [5, 5.41) is 9.14. The fourth-order valence-corrected chi connectivity index (χ4v) is 3.22. The Bertz CT molecular complexity index is 1020. The smallest absolute Gasteiger partial charge is 0.347 e. The summed E-state index contributed by atoms with van der Waals surface area (Å²) in [4.78, 5) is 26.2. The zero-order valence-corrected chi connectivity index (χ0v) is 17.4. The van der Waals surface area contributed by atoms with Gasteiger partial charge in [-0.1, -0.05) is 42.5 Å². The molecule has 0 aliphatic rings. The Kier molecular flexibility index (Phi) is 6.77. The van der Waals surface area contributed by atoms with Crippen molar-refractivity contribution in [1.82, 2.24) is 9.55 Å². The van der Waals surface area contributed by atoms with Gasteiger partial charge in [0.15, 0.2) is 5.60 Å². The van der Waals surface area contributed by atoms with Crippen LogP contribution in [-0.2, 0) is 30.6 Å². The minimum absolute atomic E-state index is 0.0662. The first-order chi connectivity index (χ1) is 14.3. The number of aliphatic carboxylic acids is 1. The quantitative estimate of drug-likeness (QED) is 0.534. The predicted octanol–water partition coefficient (Wildman–Crippen LogP) is 3.84. The summed E-state index contributed by atoms with van der Waals surface area (Å²) >= 11 is 0. The van der Waals surface area contributed by atoms with Gasteiger partial charge >= 0.3 is 11.7 Å². The highest BCUT2D eigenvalue weighted by molar-refractivity contribution is 5.76. The van der Waals surface area contributed by atoms with Gasteiger partial charge in [0.25, 0.3) is 0 Å². The van der Waals surface area contributed by atoms with Crippen molar-refractivity contribution in [2.75, 3.05) is 0 Å². The molecular weight excluding hydrogens is 380 g/mol. The standard InChI is InChI=1S/C24H28N2O4/c1-24(2,22(27)28)30-21-13-11-19(12-14-21)9-6-10-20-17-26(23(29)25-20)16-15-18-7-4-3-5-8-18/h3-5,7-8,11-14,17H,6,9-10,15-16H2,1-2H3,(H,25,29)(H,27,28). The van der Waals surface area contributed by atoms with Crippen molar-refractivity contribution >= 4 is 5.97 Å². The molecule has 6 heteroatoms. The van der Waals surface area contributed by atoms with Gasteiger partial charge in [0.2, 0.25) is 0 Å². The summed E-state index contributed by atoms with van der Waals surface area (Å²) in [5.41, 5.74) is 1.97. The van der Waals surface area contributed by atoms with Crippen LogP contribution in [0.1, 0.15) is 37.1 Å². The van der Waals surface area contributed by atoms with E-state index in [0.717, 1.165) is 36.9 Å². The van der Waals surface area contributed by atoms with Gasteiger partial charge in [-0.3, -0.25) is 4.57 Å². The number of H-pyrrole nitrogens is 1. The molecule has 0 atom stereocenters. The molecule has 30 heavy (non-hydrogen) atoms. The van der Waals surface area contributed by atoms with Gasteiger partial charge in [-0.25, -0.2) is 9.59 Å². The number of ether oxygens (including phenoxy) is 1. The minimum Gasteiger partial charge on any atom is -0.478 e. The van der Waals surface area contributed by atoms with Gasteiger partial charge in [0, 0.05) is 18.4 Å². The molecule has 0 fully saturated rings. The number of nitrogens with one attached hydrogen (secondary N) is 1. The zero-order chi connectivity index (χ0) is 21.6. The Hall–Kier alpha value is -3.28. The molecule has 0 aliphatic heterocycles. The van der Waals surface area contributed by atoms with E-state index in [2.05, 4.69) is 17.1 Å². The van der Waals surface area contributed by atoms with E-state index in [9.17, 15) is 9.59 Å². The molecule has 2 aromatic carbocycles. The number of aromatic amines is 1. The number of rotatable bonds is 10. The van der Waals surface area contributed by atoms with Gasteiger partial charge < -0.3 is 14.8 Å². The number of benzene rings is 2. The topological polar surface area (TPSA) is 84.3 Å². The second-order valence-electron chi connectivity index (χ2n) is 7.93. The summed E-state index contributed by atoms with van der Waals surface area (Å²) in [5.74, 6) is -0.470. The SMILES string of the molecule is CC(C)(Oc1ccc(CCCc2cn(CCc3ccccc3)c(=O)[nH]2)cc1)C(=O)O. The van der Waals surface area contributed by atoms with Gasteiger partial charge in [0.1, 0.15) is 5.75 Å². The number of carbonyl (C=O) groups is 1. The molecule has 0 saturated heterocycles. The normalized spacial score (nSPS) is 11.4. The minimum atomic E-state index is -1.26. The maximum atomic E-state index is 12.1. The van der Waals surface area contributed by atoms with Crippen LogP contribution in [0.5, 0.6) is 5.75 Å². The van der Waals surface area contributed by atoms with E-state index in [4.69, 9.17) is 9.84 Å². The van der Waals surface area contributed by atoms with E-state index in [1.807, 2.05) is 36.5 Å². The van der Waals surface area contributed by atoms with E-state index in [1.54, 1.807) is 16.7 Å². The van der Waals surface area contributed by atoms with Crippen molar-refractivity contribution in [3.8, 4) is 5.75 Å². The van der Waals surface area contributed by atoms with E-state index < -0.39 is 11.6 Å². The number of aromatic nitrogens is 2. The Morgan fingerprint density at radius 2 is 1.67 bits per heavy atom. The monoisotopic (exact) mass is 408 g/mol. The fraction of sp³-hybridized carbons (Fsp3) is 0.333. The second-order valence-corrected chi connectivity index (χ2v) is 7.93. The van der Waals surface area contributed by atoms with Gasteiger partial charge in [0.05, 0.1) is 0 Å². The first-order valence-corrected chi connectivity index (χ1v) is 10.2. The van der Waals surface area contributed by atoms with Crippen LogP contribution in [0.2, 0.25) is 0 Å². The van der Waals surface area contributed by atoms with Crippen LogP contribution < -0.4 is 10.4 Å². The lowest BCUT2D eigenvalue weighted by molar-refractivity contribution is -0.152. The first-order valence-electron chi connectivity index (χ1n) is 10.2. The van der Waals surface area contributed by atoms with E-state index in [0.29, 0.717) is 12.3 Å². The number of carboxylic acids is 1. The summed E-state index contributed by atoms with van der Waals surface area (Å²) in [6, 6.07) is 17.6. The predicted molar refractivity (Wildman–Crippen MR) is 116 cm³/mol. The number of hydrogen-bond donors (Lipinski definition) is 2. The van der Waals surface area contributed by atoms with Crippen molar-refractivity contribution in [3.63, 3.8) is 0 Å². The Balaban J connectivity index is 1.48. The van der Waals surface area contributed by atoms with Gasteiger partial charge in [-0.05, 0) is 62.8 Å². The van der Waals surface area contributed by atoms with Crippen molar-refractivity contribution in [2.24, 2.45) is 0 Å². The summed E-state index contributed by atoms with van der Waals surface area (Å²) < 4.78 is 7.26. The first kappa shape index (κ1) is 21.4. The maximum Gasteiger partial charge on any atom is 0.347 e. The fourth-order valence-electron chi connectivity index (χ4n) is 3.22. The van der Waals surface area contributed by atoms with Crippen LogP contribution >= 0.6 is 0 Å². The van der Waals surface area contributed by atoms with E-state index >= 15 is 0 Å². The lowest BCUT2D eigenvalue weighted by atomic mass is 10.1. The Morgan fingerprint density at radius 3 is 2.33 bits per heavy atom. The van der Waals surface area contributed by atoms with E-state index in [1.165, 1.54) is 19.4 Å². The third kappa shape index (κ3) is 5.86. The summed E-state index contributed by atoms with van der Waals surface area (Å²) in [7, 11) is 0. The molecule has 0 saturated carbocycles. The van der Waals surface area contributed by atoms with Crippen molar-refractivity contribution in [1.29, 1.82) is 0 Å². The van der Waals surface area contributed by atoms with Crippen LogP contribution in [0.4, 0.5) is 0 Å². The summed E-state index contributed by atoms with van der Waals surface area (Å²) in [6.45, 7) is 3.71. The van der Waals surface area contributed by atoms with Crippen LogP contribution in [0.15, 0.2) is 65.6 Å². The molecular formula is C24H28N2O4. The highest BCUT2D eigenvalue weighted by Gasteiger charge is 2.29. The molecule has 3 rings (SSSR count). The average molecular weight is 408 g/mol. The van der Waals surface area contributed by atoms with Crippen LogP contribution in [0, 0.1) is 0 Å². The molecule has 3 aromatic rings. The maximum absolute atomic E-state index is 12.1. The molecule has 1 heterocycles. The average Bonchev–Trinajstić information content (AvgIpc) is 3.07. The number of aryl methyl sites for hydroxylation is 4. The summed E-state index contributed by atoms with van der Waals surface area (Å²) in [6.07, 6.45) is 5.29. The van der Waals surface area contributed by atoms with Gasteiger partial charge in [-0.2, -0.15) is 0 Å². The molecule has 0 bridgehead atoms. The van der Waals surface area contributed by atoms with Gasteiger partial charge in [-0.15, -0.1) is 0 Å². The lowest BCUT2D eigenvalue weighted by Gasteiger charge is -2.21. The van der Waals surface area contributed by atoms with Crippen molar-refractivity contribution in [2.45, 2.75) is 51.7 Å². The zero-order valence-electron chi connectivity index (χ0n) is 17.4. The largest absolute Gasteiger partial charge is 0.478 e. The third-order valence-electron chi connectivity index (χ3n) is 5.05. The molecule has 6 nitrogen and oxygen atoms in total. The molecule has 158 valence electrons. The molecule has 2 N–H and O–H groups in total. The number of carboxylic acid groups (broad SMARTS) is 1. The third-order valence-corrected chi connectivity index (χ3v) is 5.05. The number of hydrogen-bond acceptors (Lipinski definition) is 3. The van der Waals surface area contributed by atoms with Crippen molar-refractivity contribution in [3.05, 3.63) is 88.1 Å². The Morgan fingerprint density at radius 1 is 1.00 bits per heavy atom. The molecule has 0 spiro atoms. The highest BCUT2D eigenvalue weighted by Crippen LogP contribution is 2.20. The highest BCUT2D eigenvalue weighted by atomic mass is 16.5. The van der Waals surface area contributed by atoms with Crippen LogP contribution in [0.3, 0.4) is 0 Å². The Labute approximate surface area is 176 Å². The van der Waals surface area contributed by atoms with Crippen LogP contribution in [-0.4, -0.2) is 26.2 Å². The van der Waals surface area contributed by atoms with Crippen LogP contribution in [0.25, 0.3) is 0 Å². The lowest BCUT2D eigenvalue weighted by Crippen LogP contribution is -2.37. The van der Waals surface area contributed by atoms with E-state index in [-0.39, 0.29) is 5.69 Å². The second kappa shape index (κ2) is 9.48. The molecule has 0 aliphatic carbocycles. The number of imidazole rings is 1. The molecule has 0 radical (unpaired) electrons.